The lowest BCUT2D eigenvalue weighted by Gasteiger charge is -1.98. The van der Waals surface area contributed by atoms with E-state index in [0.29, 0.717) is 10.6 Å². The van der Waals surface area contributed by atoms with E-state index in [2.05, 4.69) is 4.74 Å². The zero-order chi connectivity index (χ0) is 13.1. The highest BCUT2D eigenvalue weighted by atomic mass is 35.5. The molecule has 0 N–H and O–H groups in total. The Morgan fingerprint density at radius 1 is 1.17 bits per heavy atom. The van der Waals surface area contributed by atoms with Crippen LogP contribution in [0.25, 0.3) is 0 Å². The molecule has 0 atom stereocenters. The van der Waals surface area contributed by atoms with E-state index >= 15 is 0 Å². The topological polar surface area (TPSA) is 56.5 Å². The van der Waals surface area contributed by atoms with Crippen LogP contribution in [0, 0.1) is 0 Å². The van der Waals surface area contributed by atoms with Crippen LogP contribution in [0.4, 0.5) is 0 Å². The third kappa shape index (κ3) is 2.43. The van der Waals surface area contributed by atoms with E-state index in [1.807, 2.05) is 0 Å². The van der Waals surface area contributed by atoms with Gasteiger partial charge < -0.3 is 9.15 Å². The summed E-state index contributed by atoms with van der Waals surface area (Å²) in [6.07, 6.45) is 0. The number of methoxy groups -OCH3 is 1. The second-order valence-corrected chi connectivity index (χ2v) is 3.93. The number of ketones is 1. The van der Waals surface area contributed by atoms with Gasteiger partial charge in [0.05, 0.1) is 7.11 Å². The van der Waals surface area contributed by atoms with Gasteiger partial charge in [0, 0.05) is 10.6 Å². The Balaban J connectivity index is 2.29. The van der Waals surface area contributed by atoms with E-state index in [0.717, 1.165) is 0 Å². The van der Waals surface area contributed by atoms with Crippen molar-refractivity contribution in [3.05, 3.63) is 58.5 Å². The number of esters is 1. The molecule has 0 saturated carbocycles. The van der Waals surface area contributed by atoms with Crippen molar-refractivity contribution in [2.24, 2.45) is 0 Å². The Labute approximate surface area is 108 Å². The normalized spacial score (nSPS) is 10.1. The summed E-state index contributed by atoms with van der Waals surface area (Å²) in [7, 11) is 1.24. The summed E-state index contributed by atoms with van der Waals surface area (Å²) in [4.78, 5) is 23.2. The van der Waals surface area contributed by atoms with Crippen molar-refractivity contribution < 1.29 is 18.7 Å². The Hall–Kier alpha value is -2.07. The molecule has 0 aliphatic carbocycles. The maximum Gasteiger partial charge on any atom is 0.373 e. The maximum atomic E-state index is 12.0. The van der Waals surface area contributed by atoms with E-state index in [-0.39, 0.29) is 17.3 Å². The number of ether oxygens (including phenoxy) is 1. The number of carbonyl (C=O) groups excluding carboxylic acids is 2. The van der Waals surface area contributed by atoms with Gasteiger partial charge in [0.2, 0.25) is 11.5 Å². The van der Waals surface area contributed by atoms with Crippen LogP contribution in [0.1, 0.15) is 26.7 Å². The zero-order valence-electron chi connectivity index (χ0n) is 9.48. The molecule has 18 heavy (non-hydrogen) atoms. The third-order valence-electron chi connectivity index (χ3n) is 2.30. The van der Waals surface area contributed by atoms with Crippen molar-refractivity contribution in [3.63, 3.8) is 0 Å². The van der Waals surface area contributed by atoms with Crippen molar-refractivity contribution >= 4 is 23.4 Å². The Bertz CT molecular complexity index is 601. The smallest absolute Gasteiger partial charge is 0.373 e. The monoisotopic (exact) mass is 264 g/mol. The quantitative estimate of drug-likeness (QED) is 0.632. The molecule has 92 valence electrons. The van der Waals surface area contributed by atoms with Gasteiger partial charge in [-0.2, -0.15) is 0 Å². The van der Waals surface area contributed by atoms with Crippen LogP contribution in [0.5, 0.6) is 0 Å². The number of carbonyl (C=O) groups is 2. The first-order valence-electron chi connectivity index (χ1n) is 5.10. The van der Waals surface area contributed by atoms with Gasteiger partial charge in [-0.25, -0.2) is 4.79 Å². The lowest BCUT2D eigenvalue weighted by atomic mass is 10.1. The van der Waals surface area contributed by atoms with E-state index < -0.39 is 5.97 Å². The number of hydrogen-bond donors (Lipinski definition) is 0. The lowest BCUT2D eigenvalue weighted by molar-refractivity contribution is 0.0563. The highest BCUT2D eigenvalue weighted by Crippen LogP contribution is 2.17. The molecule has 0 aliphatic rings. The molecule has 1 aromatic heterocycles. The summed E-state index contributed by atoms with van der Waals surface area (Å²) >= 11 is 5.80. The van der Waals surface area contributed by atoms with E-state index in [4.69, 9.17) is 16.0 Å². The molecule has 0 amide bonds. The molecule has 0 bridgehead atoms. The minimum Gasteiger partial charge on any atom is -0.463 e. The standard InChI is InChI=1S/C13H9ClO4/c1-17-13(16)11-6-5-10(18-11)12(15)8-3-2-4-9(14)7-8/h2-7H,1H3. The molecular weight excluding hydrogens is 256 g/mol. The van der Waals surface area contributed by atoms with E-state index in [1.165, 1.54) is 25.3 Å². The third-order valence-corrected chi connectivity index (χ3v) is 2.54. The van der Waals surface area contributed by atoms with Crippen molar-refractivity contribution in [1.82, 2.24) is 0 Å². The average Bonchev–Trinajstić information content (AvgIpc) is 2.86. The Morgan fingerprint density at radius 2 is 1.89 bits per heavy atom. The van der Waals surface area contributed by atoms with Gasteiger partial charge in [-0.15, -0.1) is 0 Å². The minimum absolute atomic E-state index is 0.0112. The predicted octanol–water partition coefficient (Wildman–Crippen LogP) is 2.95. The zero-order valence-corrected chi connectivity index (χ0v) is 10.2. The number of benzene rings is 1. The van der Waals surface area contributed by atoms with Gasteiger partial charge in [0.25, 0.3) is 0 Å². The average molecular weight is 265 g/mol. The number of rotatable bonds is 3. The number of halogens is 1. The van der Waals surface area contributed by atoms with Crippen molar-refractivity contribution in [2.45, 2.75) is 0 Å². The molecule has 2 aromatic rings. The van der Waals surface area contributed by atoms with Gasteiger partial charge in [-0.1, -0.05) is 23.7 Å². The second-order valence-electron chi connectivity index (χ2n) is 3.49. The van der Waals surface area contributed by atoms with Crippen LogP contribution < -0.4 is 0 Å². The molecule has 1 heterocycles. The molecular formula is C13H9ClO4. The van der Waals surface area contributed by atoms with Gasteiger partial charge >= 0.3 is 5.97 Å². The van der Waals surface area contributed by atoms with Crippen molar-refractivity contribution in [3.8, 4) is 0 Å². The molecule has 4 nitrogen and oxygen atoms in total. The largest absolute Gasteiger partial charge is 0.463 e. The maximum absolute atomic E-state index is 12.0. The fourth-order valence-corrected chi connectivity index (χ4v) is 1.63. The molecule has 0 spiro atoms. The van der Waals surface area contributed by atoms with Crippen LogP contribution in [0.3, 0.4) is 0 Å². The number of furan rings is 1. The predicted molar refractivity (Wildman–Crippen MR) is 64.9 cm³/mol. The van der Waals surface area contributed by atoms with Crippen molar-refractivity contribution in [2.75, 3.05) is 7.11 Å². The molecule has 0 aliphatic heterocycles. The Kier molecular flexibility index (Phi) is 3.48. The molecule has 0 saturated heterocycles. The van der Waals surface area contributed by atoms with Crippen LogP contribution >= 0.6 is 11.6 Å². The van der Waals surface area contributed by atoms with Gasteiger partial charge in [0.15, 0.2) is 5.76 Å². The van der Waals surface area contributed by atoms with Gasteiger partial charge in [0.1, 0.15) is 0 Å². The summed E-state index contributed by atoms with van der Waals surface area (Å²) in [6.45, 7) is 0. The van der Waals surface area contributed by atoms with Gasteiger partial charge in [-0.05, 0) is 24.3 Å². The SMILES string of the molecule is COC(=O)c1ccc(C(=O)c2cccc(Cl)c2)o1. The molecule has 0 fully saturated rings. The number of hydrogen-bond acceptors (Lipinski definition) is 4. The highest BCUT2D eigenvalue weighted by Gasteiger charge is 2.17. The van der Waals surface area contributed by atoms with Crippen LogP contribution in [-0.2, 0) is 4.74 Å². The van der Waals surface area contributed by atoms with E-state index in [9.17, 15) is 9.59 Å². The molecule has 2 rings (SSSR count). The highest BCUT2D eigenvalue weighted by molar-refractivity contribution is 6.31. The second kappa shape index (κ2) is 5.06. The fraction of sp³-hybridized carbons (Fsp3) is 0.0769. The summed E-state index contributed by atoms with van der Waals surface area (Å²) in [5.74, 6) is -0.909. The molecule has 5 heteroatoms. The van der Waals surface area contributed by atoms with E-state index in [1.54, 1.807) is 18.2 Å². The minimum atomic E-state index is -0.625. The fourth-order valence-electron chi connectivity index (χ4n) is 1.44. The first-order valence-corrected chi connectivity index (χ1v) is 5.48. The molecule has 1 aromatic carbocycles. The van der Waals surface area contributed by atoms with Gasteiger partial charge in [-0.3, -0.25) is 4.79 Å². The van der Waals surface area contributed by atoms with Crippen molar-refractivity contribution in [1.29, 1.82) is 0 Å². The lowest BCUT2D eigenvalue weighted by Crippen LogP contribution is -2.01. The Morgan fingerprint density at radius 3 is 2.56 bits per heavy atom. The molecule has 0 radical (unpaired) electrons. The first kappa shape index (κ1) is 12.4. The summed E-state index contributed by atoms with van der Waals surface area (Å²) < 4.78 is 9.61. The van der Waals surface area contributed by atoms with Crippen LogP contribution in [-0.4, -0.2) is 18.9 Å². The molecule has 0 unspecified atom stereocenters. The summed E-state index contributed by atoms with van der Waals surface area (Å²) in [6, 6.07) is 9.30. The van der Waals surface area contributed by atoms with Crippen LogP contribution in [0.15, 0.2) is 40.8 Å². The summed E-state index contributed by atoms with van der Waals surface area (Å²) in [5.41, 5.74) is 0.397. The first-order chi connectivity index (χ1) is 8.61. The summed E-state index contributed by atoms with van der Waals surface area (Å²) in [5, 5.41) is 0.459. The van der Waals surface area contributed by atoms with Crippen LogP contribution in [0.2, 0.25) is 5.02 Å².